The lowest BCUT2D eigenvalue weighted by molar-refractivity contribution is -0.128. The molecule has 0 rings (SSSR count). The minimum absolute atomic E-state index is 0.444. The maximum Gasteiger partial charge on any atom is 0.346 e. The van der Waals surface area contributed by atoms with Crippen molar-refractivity contribution < 1.29 is 24.3 Å². The van der Waals surface area contributed by atoms with Crippen LogP contribution in [-0.2, 0) is 9.36 Å². The number of hydrogen-bond acceptors (Lipinski definition) is 3. The minimum Gasteiger partial charge on any atom is -0.477 e. The highest BCUT2D eigenvalue weighted by Crippen LogP contribution is 2.33. The van der Waals surface area contributed by atoms with E-state index in [1.165, 1.54) is 0 Å². The Morgan fingerprint density at radius 1 is 1.60 bits per heavy atom. The predicted octanol–water partition coefficient (Wildman–Crippen LogP) is -0.723. The smallest absolute Gasteiger partial charge is 0.346 e. The molecule has 0 aromatic heterocycles. The largest absolute Gasteiger partial charge is 0.477 e. The van der Waals surface area contributed by atoms with Gasteiger partial charge in [-0.15, -0.1) is 0 Å². The molecule has 3 N–H and O–H groups in total. The van der Waals surface area contributed by atoms with Crippen LogP contribution in [0.5, 0.6) is 0 Å². The summed E-state index contributed by atoms with van der Waals surface area (Å²) in [6.45, 7) is 0. The lowest BCUT2D eigenvalue weighted by Gasteiger charge is -1.94. The van der Waals surface area contributed by atoms with Crippen molar-refractivity contribution in [3.05, 3.63) is 0 Å². The molecule has 58 valence electrons. The summed E-state index contributed by atoms with van der Waals surface area (Å²) in [5.74, 6) is -1.33. The molecule has 0 unspecified atom stereocenters. The number of aliphatic imine (C=N–C) groups is 1. The lowest BCUT2D eigenvalue weighted by Crippen LogP contribution is -1.96. The fourth-order valence-corrected chi connectivity index (χ4v) is 0.520. The van der Waals surface area contributed by atoms with E-state index in [4.69, 9.17) is 14.9 Å². The van der Waals surface area contributed by atoms with E-state index < -0.39 is 19.9 Å². The van der Waals surface area contributed by atoms with Gasteiger partial charge in [0.15, 0.2) is 0 Å². The highest BCUT2D eigenvalue weighted by atomic mass is 31.2. The van der Waals surface area contributed by atoms with E-state index in [2.05, 4.69) is 4.99 Å². The third-order valence-electron chi connectivity index (χ3n) is 0.468. The maximum atomic E-state index is 10.0. The van der Waals surface area contributed by atoms with Crippen molar-refractivity contribution >= 4 is 19.8 Å². The molecule has 0 saturated heterocycles. The van der Waals surface area contributed by atoms with Gasteiger partial charge in [0.1, 0.15) is 12.5 Å². The van der Waals surface area contributed by atoms with Crippen molar-refractivity contribution in [3.8, 4) is 0 Å². The Labute approximate surface area is 56.4 Å². The molecule has 6 nitrogen and oxygen atoms in total. The number of hydrogen-bond donors (Lipinski definition) is 3. The van der Waals surface area contributed by atoms with Crippen LogP contribution in [-0.4, -0.2) is 33.4 Å². The summed E-state index contributed by atoms with van der Waals surface area (Å²) in [6.07, 6.45) is -0.335. The Bertz CT molecular complexity index is 193. The fourth-order valence-electron chi connectivity index (χ4n) is 0.225. The van der Waals surface area contributed by atoms with E-state index >= 15 is 0 Å². The standard InChI is InChI=1S/C3H6NO5P/c5-3(6)1-4-2-10(7,8)9/h1H,2H2,(H,5,6)(H2,7,8,9)/b4-1-. The number of carbonyl (C=O) groups is 1. The second-order valence-electron chi connectivity index (χ2n) is 1.46. The zero-order chi connectivity index (χ0) is 8.20. The van der Waals surface area contributed by atoms with Crippen molar-refractivity contribution in [2.75, 3.05) is 6.29 Å². The van der Waals surface area contributed by atoms with Crippen LogP contribution >= 0.6 is 7.60 Å². The van der Waals surface area contributed by atoms with E-state index in [1.807, 2.05) is 0 Å². The molecule has 0 heterocycles. The molecular weight excluding hydrogens is 161 g/mol. The van der Waals surface area contributed by atoms with Gasteiger partial charge in [0.25, 0.3) is 0 Å². The van der Waals surface area contributed by atoms with Crippen LogP contribution in [0.15, 0.2) is 4.99 Å². The first kappa shape index (κ1) is 9.29. The lowest BCUT2D eigenvalue weighted by atomic mass is 10.8. The van der Waals surface area contributed by atoms with Gasteiger partial charge in [-0.25, -0.2) is 4.79 Å². The molecule has 0 spiro atoms. The molecule has 0 atom stereocenters. The Hall–Kier alpha value is -0.710. The van der Waals surface area contributed by atoms with E-state index in [0.717, 1.165) is 0 Å². The quantitative estimate of drug-likeness (QED) is 0.379. The summed E-state index contributed by atoms with van der Waals surface area (Å²) in [5.41, 5.74) is 0. The van der Waals surface area contributed by atoms with E-state index in [-0.39, 0.29) is 0 Å². The molecule has 0 amide bonds. The highest BCUT2D eigenvalue weighted by Gasteiger charge is 2.09. The Morgan fingerprint density at radius 2 is 2.10 bits per heavy atom. The van der Waals surface area contributed by atoms with E-state index in [9.17, 15) is 9.36 Å². The van der Waals surface area contributed by atoms with Crippen molar-refractivity contribution in [1.82, 2.24) is 0 Å². The van der Waals surface area contributed by atoms with Crippen LogP contribution in [0, 0.1) is 0 Å². The minimum atomic E-state index is -4.18. The summed E-state index contributed by atoms with van der Waals surface area (Å²) in [5, 5.41) is 7.91. The van der Waals surface area contributed by atoms with Crippen LogP contribution in [0.25, 0.3) is 0 Å². The molecule has 10 heavy (non-hydrogen) atoms. The van der Waals surface area contributed by atoms with Gasteiger partial charge in [0.2, 0.25) is 0 Å². The first-order valence-electron chi connectivity index (χ1n) is 2.19. The topological polar surface area (TPSA) is 107 Å². The van der Waals surface area contributed by atoms with Gasteiger partial charge in [0.05, 0.1) is 0 Å². The van der Waals surface area contributed by atoms with Crippen LogP contribution in [0.3, 0.4) is 0 Å². The first-order chi connectivity index (χ1) is 4.42. The molecule has 0 aliphatic rings. The monoisotopic (exact) mass is 167 g/mol. The SMILES string of the molecule is O=C(O)/C=N\CP(=O)(O)O. The van der Waals surface area contributed by atoms with Gasteiger partial charge in [-0.05, 0) is 0 Å². The van der Waals surface area contributed by atoms with Crippen LogP contribution in [0.2, 0.25) is 0 Å². The Kier molecular flexibility index (Phi) is 3.21. The van der Waals surface area contributed by atoms with Gasteiger partial charge < -0.3 is 14.9 Å². The number of nitrogens with zero attached hydrogens (tertiary/aromatic N) is 1. The molecular formula is C3H6NO5P. The van der Waals surface area contributed by atoms with Gasteiger partial charge >= 0.3 is 13.6 Å². The molecule has 7 heteroatoms. The zero-order valence-electron chi connectivity index (χ0n) is 4.84. The molecule has 0 aliphatic carbocycles. The van der Waals surface area contributed by atoms with E-state index in [0.29, 0.717) is 6.21 Å². The average molecular weight is 167 g/mol. The van der Waals surface area contributed by atoms with Gasteiger partial charge in [-0.1, -0.05) is 0 Å². The number of carboxylic acid groups (broad SMARTS) is 1. The molecule has 0 aromatic rings. The van der Waals surface area contributed by atoms with E-state index in [1.54, 1.807) is 0 Å². The summed E-state index contributed by atoms with van der Waals surface area (Å²) >= 11 is 0. The second-order valence-corrected chi connectivity index (χ2v) is 3.07. The molecule has 0 aromatic carbocycles. The number of rotatable bonds is 3. The van der Waals surface area contributed by atoms with Crippen molar-refractivity contribution in [2.24, 2.45) is 4.99 Å². The molecule has 0 bridgehead atoms. The van der Waals surface area contributed by atoms with Crippen LogP contribution in [0.1, 0.15) is 0 Å². The summed E-state index contributed by atoms with van der Waals surface area (Å²) in [7, 11) is -4.18. The van der Waals surface area contributed by atoms with Gasteiger partial charge in [-0.2, -0.15) is 0 Å². The molecule has 0 saturated carbocycles. The normalized spacial score (nSPS) is 12.2. The zero-order valence-corrected chi connectivity index (χ0v) is 5.73. The molecule has 0 aliphatic heterocycles. The van der Waals surface area contributed by atoms with Crippen LogP contribution in [0.4, 0.5) is 0 Å². The first-order valence-corrected chi connectivity index (χ1v) is 3.99. The van der Waals surface area contributed by atoms with Gasteiger partial charge in [-0.3, -0.25) is 9.56 Å². The number of carboxylic acids is 1. The van der Waals surface area contributed by atoms with Crippen molar-refractivity contribution in [1.29, 1.82) is 0 Å². The molecule has 0 radical (unpaired) electrons. The third kappa shape index (κ3) is 7.29. The predicted molar refractivity (Wildman–Crippen MR) is 33.0 cm³/mol. The molecule has 0 fully saturated rings. The summed E-state index contributed by atoms with van der Waals surface area (Å²) in [4.78, 5) is 28.9. The van der Waals surface area contributed by atoms with Crippen molar-refractivity contribution in [2.45, 2.75) is 0 Å². The maximum absolute atomic E-state index is 10.0. The van der Waals surface area contributed by atoms with Gasteiger partial charge in [0, 0.05) is 0 Å². The second kappa shape index (κ2) is 3.46. The number of aliphatic carboxylic acids is 1. The van der Waals surface area contributed by atoms with Crippen LogP contribution < -0.4 is 0 Å². The summed E-state index contributed by atoms with van der Waals surface area (Å²) in [6, 6.07) is 0. The summed E-state index contributed by atoms with van der Waals surface area (Å²) < 4.78 is 10.0. The Morgan fingerprint density at radius 3 is 2.40 bits per heavy atom. The van der Waals surface area contributed by atoms with Crippen molar-refractivity contribution in [3.63, 3.8) is 0 Å². The fraction of sp³-hybridized carbons (Fsp3) is 0.333. The Balaban J connectivity index is 3.76. The third-order valence-corrected chi connectivity index (χ3v) is 0.999. The highest BCUT2D eigenvalue weighted by molar-refractivity contribution is 7.51. The average Bonchev–Trinajstić information content (AvgIpc) is 1.59.